The van der Waals surface area contributed by atoms with Gasteiger partial charge in [0.1, 0.15) is 5.69 Å². The van der Waals surface area contributed by atoms with E-state index in [1.54, 1.807) is 12.1 Å². The second kappa shape index (κ2) is 7.40. The van der Waals surface area contributed by atoms with E-state index in [1.807, 2.05) is 25.1 Å². The summed E-state index contributed by atoms with van der Waals surface area (Å²) in [6.07, 6.45) is 1.27. The minimum Gasteiger partial charge on any atom is -0.347 e. The maximum absolute atomic E-state index is 12.5. The molecule has 2 aromatic rings. The number of pyridine rings is 1. The van der Waals surface area contributed by atoms with Crippen LogP contribution in [0.5, 0.6) is 0 Å². The Kier molecular flexibility index (Phi) is 5.23. The summed E-state index contributed by atoms with van der Waals surface area (Å²) in [5.41, 5.74) is 0.0884. The van der Waals surface area contributed by atoms with Crippen LogP contribution < -0.4 is 10.9 Å². The maximum Gasteiger partial charge on any atom is 0.268 e. The molecule has 1 aliphatic rings. The number of H-pyrrole nitrogens is 1. The van der Waals surface area contributed by atoms with E-state index in [2.05, 4.69) is 29.0 Å². The zero-order valence-electron chi connectivity index (χ0n) is 15.2. The first-order valence-electron chi connectivity index (χ1n) is 9.07. The molecule has 0 bridgehead atoms. The summed E-state index contributed by atoms with van der Waals surface area (Å²) in [7, 11) is 0. The highest BCUT2D eigenvalue weighted by Gasteiger charge is 2.23. The lowest BCUT2D eigenvalue weighted by atomic mass is 9.92. The van der Waals surface area contributed by atoms with E-state index in [4.69, 9.17) is 0 Å². The lowest BCUT2D eigenvalue weighted by Gasteiger charge is -2.36. The first-order chi connectivity index (χ1) is 11.9. The van der Waals surface area contributed by atoms with Gasteiger partial charge in [0.15, 0.2) is 0 Å². The molecule has 1 amide bonds. The quantitative estimate of drug-likeness (QED) is 0.898. The molecule has 5 heteroatoms. The highest BCUT2D eigenvalue weighted by molar-refractivity contribution is 5.96. The molecule has 134 valence electrons. The van der Waals surface area contributed by atoms with Gasteiger partial charge in [-0.25, -0.2) is 0 Å². The van der Waals surface area contributed by atoms with Crippen molar-refractivity contribution < 1.29 is 4.79 Å². The molecule has 1 saturated heterocycles. The predicted molar refractivity (Wildman–Crippen MR) is 101 cm³/mol. The Hall–Kier alpha value is -2.14. The highest BCUT2D eigenvalue weighted by Crippen LogP contribution is 2.20. The van der Waals surface area contributed by atoms with E-state index < -0.39 is 0 Å². The van der Waals surface area contributed by atoms with E-state index in [9.17, 15) is 9.59 Å². The first-order valence-corrected chi connectivity index (χ1v) is 9.07. The number of fused-ring (bicyclic) bond motifs is 1. The number of benzene rings is 1. The number of aromatic amines is 1. The van der Waals surface area contributed by atoms with Gasteiger partial charge in [-0.1, -0.05) is 32.0 Å². The Balaban J connectivity index is 1.66. The molecular weight excluding hydrogens is 314 g/mol. The number of hydrogen-bond acceptors (Lipinski definition) is 3. The normalized spacial score (nSPS) is 22.7. The molecule has 0 radical (unpaired) electrons. The van der Waals surface area contributed by atoms with E-state index in [-0.39, 0.29) is 17.5 Å². The number of piperidine rings is 1. The van der Waals surface area contributed by atoms with Crippen LogP contribution in [0.15, 0.2) is 35.1 Å². The summed E-state index contributed by atoms with van der Waals surface area (Å²) in [5, 5.41) is 4.39. The van der Waals surface area contributed by atoms with Gasteiger partial charge in [0.2, 0.25) is 0 Å². The Morgan fingerprint density at radius 1 is 1.28 bits per heavy atom. The van der Waals surface area contributed by atoms with E-state index in [1.165, 1.54) is 6.42 Å². The van der Waals surface area contributed by atoms with Crippen molar-refractivity contribution in [3.8, 4) is 0 Å². The number of likely N-dealkylation sites (tertiary alicyclic amines) is 1. The number of carbonyl (C=O) groups excluding carboxylic acids is 1. The fourth-order valence-corrected chi connectivity index (χ4v) is 4.01. The van der Waals surface area contributed by atoms with Crippen molar-refractivity contribution in [1.29, 1.82) is 0 Å². The van der Waals surface area contributed by atoms with Crippen molar-refractivity contribution in [2.75, 3.05) is 19.6 Å². The Morgan fingerprint density at radius 2 is 1.96 bits per heavy atom. The van der Waals surface area contributed by atoms with Crippen LogP contribution in [0.25, 0.3) is 10.8 Å². The first kappa shape index (κ1) is 17.7. The summed E-state index contributed by atoms with van der Waals surface area (Å²) in [6, 6.07) is 9.06. The van der Waals surface area contributed by atoms with Crippen LogP contribution in [-0.4, -0.2) is 41.5 Å². The Labute approximate surface area is 148 Å². The molecule has 1 aromatic heterocycles. The zero-order chi connectivity index (χ0) is 18.0. The summed E-state index contributed by atoms with van der Waals surface area (Å²) < 4.78 is 0. The van der Waals surface area contributed by atoms with E-state index in [0.29, 0.717) is 22.9 Å². The number of carbonyl (C=O) groups is 1. The Morgan fingerprint density at radius 3 is 2.68 bits per heavy atom. The van der Waals surface area contributed by atoms with Gasteiger partial charge in [-0.2, -0.15) is 0 Å². The van der Waals surface area contributed by atoms with Gasteiger partial charge in [-0.3, -0.25) is 9.59 Å². The van der Waals surface area contributed by atoms with Gasteiger partial charge in [0.05, 0.1) is 0 Å². The van der Waals surface area contributed by atoms with Crippen molar-refractivity contribution in [2.24, 2.45) is 11.8 Å². The molecule has 1 aliphatic heterocycles. The molecule has 0 aliphatic carbocycles. The summed E-state index contributed by atoms with van der Waals surface area (Å²) >= 11 is 0. The minimum atomic E-state index is -0.228. The topological polar surface area (TPSA) is 65.2 Å². The molecule has 3 rings (SSSR count). The van der Waals surface area contributed by atoms with Crippen LogP contribution in [0.4, 0.5) is 0 Å². The number of amides is 1. The second-order valence-electron chi connectivity index (χ2n) is 7.64. The molecule has 5 nitrogen and oxygen atoms in total. The smallest absolute Gasteiger partial charge is 0.268 e. The summed E-state index contributed by atoms with van der Waals surface area (Å²) in [4.78, 5) is 29.8. The lowest BCUT2D eigenvalue weighted by Crippen LogP contribution is -2.47. The van der Waals surface area contributed by atoms with Gasteiger partial charge >= 0.3 is 0 Å². The van der Waals surface area contributed by atoms with Gasteiger partial charge in [-0.05, 0) is 42.7 Å². The average molecular weight is 341 g/mol. The molecule has 0 saturated carbocycles. The zero-order valence-corrected chi connectivity index (χ0v) is 15.2. The molecular formula is C20H27N3O2. The fraction of sp³-hybridized carbons (Fsp3) is 0.500. The van der Waals surface area contributed by atoms with Crippen molar-refractivity contribution >= 4 is 16.7 Å². The second-order valence-corrected chi connectivity index (χ2v) is 7.64. The van der Waals surface area contributed by atoms with Crippen LogP contribution in [-0.2, 0) is 0 Å². The lowest BCUT2D eigenvalue weighted by molar-refractivity contribution is 0.0900. The minimum absolute atomic E-state index is 0.0278. The number of nitrogens with zero attached hydrogens (tertiary/aromatic N) is 1. The van der Waals surface area contributed by atoms with Crippen LogP contribution in [0.2, 0.25) is 0 Å². The average Bonchev–Trinajstić information content (AvgIpc) is 2.53. The van der Waals surface area contributed by atoms with Gasteiger partial charge in [-0.15, -0.1) is 0 Å². The summed E-state index contributed by atoms with van der Waals surface area (Å²) in [5.74, 6) is 1.17. The van der Waals surface area contributed by atoms with Crippen molar-refractivity contribution in [2.45, 2.75) is 33.2 Å². The standard InChI is InChI=1S/C20H27N3O2/c1-13-8-14(2)11-23(10-13)12-15(3)21-20(25)18-9-16-6-4-5-7-17(16)19(24)22-18/h4-7,9,13-15H,8,10-12H2,1-3H3,(H,21,25)(H,22,24)/t13-,14+,15-/m1/s1. The molecule has 2 heterocycles. The van der Waals surface area contributed by atoms with Crippen LogP contribution in [0.3, 0.4) is 0 Å². The molecule has 0 spiro atoms. The van der Waals surface area contributed by atoms with Crippen molar-refractivity contribution in [3.63, 3.8) is 0 Å². The highest BCUT2D eigenvalue weighted by atomic mass is 16.2. The van der Waals surface area contributed by atoms with E-state index >= 15 is 0 Å². The predicted octanol–water partition coefficient (Wildman–Crippen LogP) is 2.62. The number of rotatable bonds is 4. The van der Waals surface area contributed by atoms with Gasteiger partial charge in [0, 0.05) is 31.1 Å². The molecule has 25 heavy (non-hydrogen) atoms. The van der Waals surface area contributed by atoms with Crippen molar-refractivity contribution in [3.05, 3.63) is 46.4 Å². The van der Waals surface area contributed by atoms with Gasteiger partial charge < -0.3 is 15.2 Å². The van der Waals surface area contributed by atoms with Crippen LogP contribution in [0.1, 0.15) is 37.7 Å². The molecule has 1 aromatic carbocycles. The third-order valence-corrected chi connectivity index (χ3v) is 4.85. The molecule has 0 unspecified atom stereocenters. The SMILES string of the molecule is C[C@@H]1C[C@H](C)CN(C[C@@H](C)NC(=O)c2cc3ccccc3c(=O)[nH]2)C1. The molecule has 2 N–H and O–H groups in total. The molecule has 1 fully saturated rings. The molecule has 3 atom stereocenters. The summed E-state index contributed by atoms with van der Waals surface area (Å²) in [6.45, 7) is 9.57. The third-order valence-electron chi connectivity index (χ3n) is 4.85. The number of nitrogens with one attached hydrogen (secondary N) is 2. The third kappa shape index (κ3) is 4.28. The number of aromatic nitrogens is 1. The number of hydrogen-bond donors (Lipinski definition) is 2. The van der Waals surface area contributed by atoms with Crippen LogP contribution >= 0.6 is 0 Å². The van der Waals surface area contributed by atoms with Gasteiger partial charge in [0.25, 0.3) is 11.5 Å². The van der Waals surface area contributed by atoms with Crippen molar-refractivity contribution in [1.82, 2.24) is 15.2 Å². The fourth-order valence-electron chi connectivity index (χ4n) is 4.01. The maximum atomic E-state index is 12.5. The van der Waals surface area contributed by atoms with Crippen LogP contribution in [0, 0.1) is 11.8 Å². The largest absolute Gasteiger partial charge is 0.347 e. The Bertz CT molecular complexity index is 804. The van der Waals surface area contributed by atoms with E-state index in [0.717, 1.165) is 25.0 Å². The monoisotopic (exact) mass is 341 g/mol.